The molecule has 1 atom stereocenters. The minimum atomic E-state index is -3.77. The van der Waals surface area contributed by atoms with Crippen molar-refractivity contribution in [3.8, 4) is 0 Å². The van der Waals surface area contributed by atoms with Gasteiger partial charge in [-0.05, 0) is 56.3 Å². The zero-order valence-electron chi connectivity index (χ0n) is 13.0. The minimum absolute atomic E-state index is 0.0470. The molecule has 0 fully saturated rings. The van der Waals surface area contributed by atoms with E-state index in [1.54, 1.807) is 12.1 Å². The molecule has 1 N–H and O–H groups in total. The fraction of sp³-hybridized carbons (Fsp3) is 0.222. The van der Waals surface area contributed by atoms with Gasteiger partial charge in [0.15, 0.2) is 0 Å². The van der Waals surface area contributed by atoms with Gasteiger partial charge < -0.3 is 9.73 Å². The molecule has 0 amide bonds. The van der Waals surface area contributed by atoms with Crippen LogP contribution in [0.2, 0.25) is 0 Å². The number of fused-ring (bicyclic) bond motifs is 3. The molecule has 6 heteroatoms. The van der Waals surface area contributed by atoms with Crippen LogP contribution < -0.4 is 5.32 Å². The number of benzene rings is 2. The molecule has 1 aromatic heterocycles. The first-order valence-electron chi connectivity index (χ1n) is 7.76. The molecule has 0 bridgehead atoms. The fourth-order valence-electron chi connectivity index (χ4n) is 3.20. The van der Waals surface area contributed by atoms with Gasteiger partial charge >= 0.3 is 0 Å². The normalized spacial score (nSPS) is 17.8. The fourth-order valence-corrected chi connectivity index (χ4v) is 4.52. The second-order valence-corrected chi connectivity index (χ2v) is 7.94. The van der Waals surface area contributed by atoms with Crippen LogP contribution in [0.25, 0.3) is 11.0 Å². The average molecular weight is 345 g/mol. The summed E-state index contributed by atoms with van der Waals surface area (Å²) in [6.45, 7) is 2.84. The number of hydrogen-bond acceptors (Lipinski definition) is 4. The van der Waals surface area contributed by atoms with Gasteiger partial charge in [0.05, 0.1) is 15.8 Å². The summed E-state index contributed by atoms with van der Waals surface area (Å²) in [5.74, 6) is 0.286. The Bertz CT molecular complexity index is 1040. The summed E-state index contributed by atoms with van der Waals surface area (Å²) < 4.78 is 44.8. The molecule has 2 aromatic carbocycles. The Labute approximate surface area is 139 Å². The van der Waals surface area contributed by atoms with Crippen LogP contribution in [0.15, 0.2) is 56.7 Å². The Balaban J connectivity index is 1.89. The third-order valence-corrected chi connectivity index (χ3v) is 6.18. The van der Waals surface area contributed by atoms with Crippen LogP contribution >= 0.6 is 0 Å². The molecule has 0 spiro atoms. The summed E-state index contributed by atoms with van der Waals surface area (Å²) in [5, 5.41) is 4.14. The molecule has 3 aromatic rings. The van der Waals surface area contributed by atoms with Crippen molar-refractivity contribution in [2.75, 3.05) is 6.54 Å². The van der Waals surface area contributed by atoms with Crippen molar-refractivity contribution in [1.82, 2.24) is 5.32 Å². The van der Waals surface area contributed by atoms with Gasteiger partial charge in [0.1, 0.15) is 17.2 Å². The molecular formula is C18H16FNO3S. The first kappa shape index (κ1) is 15.4. The summed E-state index contributed by atoms with van der Waals surface area (Å²) in [5.41, 5.74) is 1.72. The predicted molar refractivity (Wildman–Crippen MR) is 88.2 cm³/mol. The maximum absolute atomic E-state index is 13.4. The summed E-state index contributed by atoms with van der Waals surface area (Å²) >= 11 is 0. The van der Waals surface area contributed by atoms with E-state index in [2.05, 4.69) is 5.32 Å². The minimum Gasteiger partial charge on any atom is -0.459 e. The molecule has 0 saturated carbocycles. The molecule has 1 aliphatic heterocycles. The second kappa shape index (κ2) is 5.43. The Hall–Kier alpha value is -2.18. The lowest BCUT2D eigenvalue weighted by atomic mass is 10.0. The zero-order valence-corrected chi connectivity index (χ0v) is 13.9. The quantitative estimate of drug-likeness (QED) is 0.771. The highest BCUT2D eigenvalue weighted by Gasteiger charge is 2.25. The SMILES string of the molecule is CC1NCCc2c1oc1ccc(S(=O)(=O)c3cccc(F)c3)cc21. The van der Waals surface area contributed by atoms with E-state index in [4.69, 9.17) is 4.42 Å². The molecule has 124 valence electrons. The van der Waals surface area contributed by atoms with Gasteiger partial charge in [0.25, 0.3) is 0 Å². The summed E-state index contributed by atoms with van der Waals surface area (Å²) in [6, 6.07) is 9.98. The monoisotopic (exact) mass is 345 g/mol. The molecule has 4 nitrogen and oxygen atoms in total. The maximum atomic E-state index is 13.4. The van der Waals surface area contributed by atoms with E-state index in [0.717, 1.165) is 35.7 Å². The Kier molecular flexibility index (Phi) is 3.47. The van der Waals surface area contributed by atoms with Crippen molar-refractivity contribution in [1.29, 1.82) is 0 Å². The van der Waals surface area contributed by atoms with Crippen molar-refractivity contribution in [2.24, 2.45) is 0 Å². The van der Waals surface area contributed by atoms with Gasteiger partial charge in [0, 0.05) is 10.9 Å². The second-order valence-electron chi connectivity index (χ2n) is 5.99. The van der Waals surface area contributed by atoms with Crippen molar-refractivity contribution in [3.63, 3.8) is 0 Å². The summed E-state index contributed by atoms with van der Waals surface area (Å²) in [6.07, 6.45) is 0.788. The van der Waals surface area contributed by atoms with Gasteiger partial charge in [-0.1, -0.05) is 6.07 Å². The lowest BCUT2D eigenvalue weighted by molar-refractivity contribution is 0.426. The number of furan rings is 1. The largest absolute Gasteiger partial charge is 0.459 e. The standard InChI is InChI=1S/C18H16FNO3S/c1-11-18-15(7-8-20-11)16-10-14(5-6-17(16)23-18)24(21,22)13-4-2-3-12(19)9-13/h2-6,9-11,20H,7-8H2,1H3. The van der Waals surface area contributed by atoms with E-state index in [-0.39, 0.29) is 15.8 Å². The number of hydrogen-bond donors (Lipinski definition) is 1. The molecular weight excluding hydrogens is 329 g/mol. The van der Waals surface area contributed by atoms with Crippen molar-refractivity contribution < 1.29 is 17.2 Å². The third-order valence-electron chi connectivity index (χ3n) is 4.43. The van der Waals surface area contributed by atoms with Gasteiger partial charge in [-0.15, -0.1) is 0 Å². The third kappa shape index (κ3) is 2.34. The van der Waals surface area contributed by atoms with Gasteiger partial charge in [0.2, 0.25) is 9.84 Å². The highest BCUT2D eigenvalue weighted by Crippen LogP contribution is 2.35. The van der Waals surface area contributed by atoms with Gasteiger partial charge in [-0.3, -0.25) is 0 Å². The van der Waals surface area contributed by atoms with Crippen molar-refractivity contribution in [2.45, 2.75) is 29.2 Å². The highest BCUT2D eigenvalue weighted by atomic mass is 32.2. The molecule has 24 heavy (non-hydrogen) atoms. The van der Waals surface area contributed by atoms with Crippen molar-refractivity contribution in [3.05, 3.63) is 59.6 Å². The Morgan fingerprint density at radius 1 is 1.17 bits per heavy atom. The first-order chi connectivity index (χ1) is 11.5. The molecule has 1 unspecified atom stereocenters. The van der Waals surface area contributed by atoms with Crippen LogP contribution in [0.5, 0.6) is 0 Å². The van der Waals surface area contributed by atoms with E-state index < -0.39 is 15.7 Å². The van der Waals surface area contributed by atoms with Crippen LogP contribution in [0.4, 0.5) is 4.39 Å². The molecule has 0 radical (unpaired) electrons. The molecule has 2 heterocycles. The summed E-state index contributed by atoms with van der Waals surface area (Å²) in [7, 11) is -3.77. The summed E-state index contributed by atoms with van der Waals surface area (Å²) in [4.78, 5) is 0.102. The number of nitrogens with one attached hydrogen (secondary N) is 1. The smallest absolute Gasteiger partial charge is 0.206 e. The molecule has 0 saturated heterocycles. The zero-order chi connectivity index (χ0) is 16.9. The number of sulfone groups is 1. The van der Waals surface area contributed by atoms with Crippen LogP contribution in [0.3, 0.4) is 0 Å². The van der Waals surface area contributed by atoms with Crippen LogP contribution in [-0.4, -0.2) is 15.0 Å². The average Bonchev–Trinajstić information content (AvgIpc) is 2.94. The van der Waals surface area contributed by atoms with E-state index in [9.17, 15) is 12.8 Å². The van der Waals surface area contributed by atoms with Gasteiger partial charge in [-0.25, -0.2) is 12.8 Å². The maximum Gasteiger partial charge on any atom is 0.206 e. The van der Waals surface area contributed by atoms with E-state index in [0.29, 0.717) is 5.58 Å². The van der Waals surface area contributed by atoms with E-state index in [1.807, 2.05) is 6.92 Å². The van der Waals surface area contributed by atoms with Gasteiger partial charge in [-0.2, -0.15) is 0 Å². The van der Waals surface area contributed by atoms with Crippen molar-refractivity contribution >= 4 is 20.8 Å². The number of halogens is 1. The van der Waals surface area contributed by atoms with Crippen LogP contribution in [0.1, 0.15) is 24.3 Å². The van der Waals surface area contributed by atoms with Crippen LogP contribution in [0, 0.1) is 5.82 Å². The first-order valence-corrected chi connectivity index (χ1v) is 9.24. The van der Waals surface area contributed by atoms with E-state index >= 15 is 0 Å². The molecule has 4 rings (SSSR count). The molecule has 1 aliphatic rings. The lowest BCUT2D eigenvalue weighted by Crippen LogP contribution is -2.26. The lowest BCUT2D eigenvalue weighted by Gasteiger charge is -2.18. The topological polar surface area (TPSA) is 59.3 Å². The Morgan fingerprint density at radius 2 is 1.96 bits per heavy atom. The highest BCUT2D eigenvalue weighted by molar-refractivity contribution is 7.91. The van der Waals surface area contributed by atoms with E-state index in [1.165, 1.54) is 24.3 Å². The number of rotatable bonds is 2. The molecule has 0 aliphatic carbocycles. The Morgan fingerprint density at radius 3 is 2.75 bits per heavy atom. The predicted octanol–water partition coefficient (Wildman–Crippen LogP) is 3.61. The van der Waals surface area contributed by atoms with Crippen LogP contribution in [-0.2, 0) is 16.3 Å².